The molecule has 0 fully saturated rings. The van der Waals surface area contributed by atoms with Crippen molar-refractivity contribution in [2.24, 2.45) is 0 Å². The van der Waals surface area contributed by atoms with Crippen molar-refractivity contribution in [3.8, 4) is 0 Å². The molecular weight excluding hydrogens is 616 g/mol. The first-order chi connectivity index (χ1) is 23.8. The number of amides is 2. The molecular formula is C41H54N2O6. The molecule has 2 unspecified atom stereocenters. The molecule has 49 heavy (non-hydrogen) atoms. The van der Waals surface area contributed by atoms with Gasteiger partial charge in [0.2, 0.25) is 11.7 Å². The highest BCUT2D eigenvalue weighted by molar-refractivity contribution is 6.07. The number of benzene rings is 1. The number of hydrogen-bond donors (Lipinski definition) is 2. The molecule has 0 bridgehead atoms. The number of carbonyl (C=O) groups is 4. The molecule has 264 valence electrons. The highest BCUT2D eigenvalue weighted by Gasteiger charge is 2.43. The molecule has 1 aromatic carbocycles. The molecule has 2 amide bonds. The Morgan fingerprint density at radius 1 is 0.816 bits per heavy atom. The molecule has 8 heteroatoms. The molecule has 2 N–H and O–H groups in total. The molecule has 0 aromatic heterocycles. The van der Waals surface area contributed by atoms with Gasteiger partial charge in [-0.05, 0) is 71.1 Å². The first kappa shape index (κ1) is 40.5. The van der Waals surface area contributed by atoms with Crippen molar-refractivity contribution in [1.29, 1.82) is 0 Å². The molecule has 1 aliphatic heterocycles. The smallest absolute Gasteiger partial charge is 0.328 e. The van der Waals surface area contributed by atoms with E-state index in [0.29, 0.717) is 37.8 Å². The lowest BCUT2D eigenvalue weighted by Crippen LogP contribution is -2.41. The van der Waals surface area contributed by atoms with Gasteiger partial charge in [0.1, 0.15) is 6.04 Å². The maximum Gasteiger partial charge on any atom is 0.328 e. The Morgan fingerprint density at radius 2 is 1.37 bits per heavy atom. The molecule has 0 aliphatic carbocycles. The van der Waals surface area contributed by atoms with Crippen LogP contribution >= 0.6 is 0 Å². The van der Waals surface area contributed by atoms with Crippen LogP contribution < -0.4 is 10.6 Å². The van der Waals surface area contributed by atoms with E-state index in [1.165, 1.54) is 13.2 Å². The SMILES string of the molecule is CC/C=C\C/C=C\C/C=C\C/C=C\C/C=C\C/C=C\CCC(=O)NC(CCCCNC(=O)C1=CC(=O)C(C)(c2ccccc2)O1)C(=O)OC. The summed E-state index contributed by atoms with van der Waals surface area (Å²) in [6.07, 6.45) is 34.9. The Labute approximate surface area is 292 Å². The molecule has 0 spiro atoms. The lowest BCUT2D eigenvalue weighted by Gasteiger charge is -2.24. The third-order valence-corrected chi connectivity index (χ3v) is 7.76. The summed E-state index contributed by atoms with van der Waals surface area (Å²) in [5, 5.41) is 5.53. The maximum absolute atomic E-state index is 12.6. The van der Waals surface area contributed by atoms with E-state index >= 15 is 0 Å². The van der Waals surface area contributed by atoms with Gasteiger partial charge >= 0.3 is 5.97 Å². The molecule has 0 saturated heterocycles. The minimum Gasteiger partial charge on any atom is -0.469 e. The minimum absolute atomic E-state index is 0.0250. The lowest BCUT2D eigenvalue weighted by atomic mass is 9.92. The summed E-state index contributed by atoms with van der Waals surface area (Å²) in [5.74, 6) is -1.52. The van der Waals surface area contributed by atoms with Crippen molar-refractivity contribution in [2.45, 2.75) is 96.1 Å². The van der Waals surface area contributed by atoms with Gasteiger partial charge in [-0.15, -0.1) is 0 Å². The average Bonchev–Trinajstić information content (AvgIpc) is 3.43. The summed E-state index contributed by atoms with van der Waals surface area (Å²) in [6.45, 7) is 4.10. The fourth-order valence-corrected chi connectivity index (χ4v) is 4.90. The fourth-order valence-electron chi connectivity index (χ4n) is 4.90. The van der Waals surface area contributed by atoms with Gasteiger partial charge in [-0.3, -0.25) is 14.4 Å². The second-order valence-corrected chi connectivity index (χ2v) is 11.7. The van der Waals surface area contributed by atoms with E-state index < -0.39 is 23.5 Å². The molecule has 1 heterocycles. The Balaban J connectivity index is 1.58. The van der Waals surface area contributed by atoms with Crippen LogP contribution in [-0.2, 0) is 34.3 Å². The monoisotopic (exact) mass is 670 g/mol. The van der Waals surface area contributed by atoms with Gasteiger partial charge in [0.25, 0.3) is 5.91 Å². The quantitative estimate of drug-likeness (QED) is 0.0698. The first-order valence-electron chi connectivity index (χ1n) is 17.4. The van der Waals surface area contributed by atoms with Gasteiger partial charge < -0.3 is 20.1 Å². The maximum atomic E-state index is 12.6. The van der Waals surface area contributed by atoms with Crippen LogP contribution in [0.25, 0.3) is 0 Å². The van der Waals surface area contributed by atoms with Gasteiger partial charge in [0.05, 0.1) is 7.11 Å². The number of unbranched alkanes of at least 4 members (excludes halogenated alkanes) is 1. The van der Waals surface area contributed by atoms with Crippen LogP contribution in [0.3, 0.4) is 0 Å². The zero-order valence-corrected chi connectivity index (χ0v) is 29.4. The summed E-state index contributed by atoms with van der Waals surface area (Å²) in [6, 6.07) is 8.28. The Hall–Kier alpha value is -4.72. The molecule has 2 rings (SSSR count). The molecule has 1 aliphatic rings. The highest BCUT2D eigenvalue weighted by Crippen LogP contribution is 2.34. The number of ether oxygens (including phenoxy) is 2. The van der Waals surface area contributed by atoms with Crippen LogP contribution in [0.2, 0.25) is 0 Å². The third kappa shape index (κ3) is 16.3. The number of nitrogens with one attached hydrogen (secondary N) is 2. The number of rotatable bonds is 23. The van der Waals surface area contributed by atoms with Crippen molar-refractivity contribution in [1.82, 2.24) is 10.6 Å². The minimum atomic E-state index is -1.23. The predicted molar refractivity (Wildman–Crippen MR) is 196 cm³/mol. The zero-order valence-electron chi connectivity index (χ0n) is 29.4. The van der Waals surface area contributed by atoms with Crippen molar-refractivity contribution < 1.29 is 28.7 Å². The van der Waals surface area contributed by atoms with Crippen molar-refractivity contribution >= 4 is 23.6 Å². The largest absolute Gasteiger partial charge is 0.469 e. The number of allylic oxidation sites excluding steroid dienone is 12. The highest BCUT2D eigenvalue weighted by atomic mass is 16.5. The number of ketones is 1. The van der Waals surface area contributed by atoms with Crippen LogP contribution in [-0.4, -0.2) is 43.3 Å². The molecule has 0 saturated carbocycles. The van der Waals surface area contributed by atoms with E-state index in [1.807, 2.05) is 30.4 Å². The molecule has 0 radical (unpaired) electrons. The number of carbonyl (C=O) groups excluding carboxylic acids is 4. The van der Waals surface area contributed by atoms with Crippen molar-refractivity contribution in [3.05, 3.63) is 121 Å². The topological polar surface area (TPSA) is 111 Å². The van der Waals surface area contributed by atoms with Gasteiger partial charge in [0.15, 0.2) is 11.4 Å². The van der Waals surface area contributed by atoms with Gasteiger partial charge in [-0.25, -0.2) is 4.79 Å². The normalized spacial score (nSPS) is 17.1. The van der Waals surface area contributed by atoms with Crippen LogP contribution in [0.4, 0.5) is 0 Å². The molecule has 8 nitrogen and oxygen atoms in total. The van der Waals surface area contributed by atoms with Crippen LogP contribution in [0.15, 0.2) is 115 Å². The van der Waals surface area contributed by atoms with E-state index in [2.05, 4.69) is 78.3 Å². The fraction of sp³-hybridized carbons (Fsp3) is 0.415. The van der Waals surface area contributed by atoms with Crippen LogP contribution in [0.5, 0.6) is 0 Å². The predicted octanol–water partition coefficient (Wildman–Crippen LogP) is 7.81. The Bertz CT molecular complexity index is 1390. The van der Waals surface area contributed by atoms with Gasteiger partial charge in [-0.2, -0.15) is 0 Å². The van der Waals surface area contributed by atoms with Crippen LogP contribution in [0, 0.1) is 0 Å². The van der Waals surface area contributed by atoms with Crippen molar-refractivity contribution in [3.63, 3.8) is 0 Å². The van der Waals surface area contributed by atoms with E-state index in [9.17, 15) is 19.2 Å². The standard InChI is InChI=1S/C41H54N2O6/c1-4-5-6-7-8-9-10-11-12-13-14-15-16-17-18-19-20-21-25-31-38(45)43-35(40(47)48-3)30-26-27-32-42-39(46)36-33-37(44)41(2,49-36)34-28-23-22-24-29-34/h5-6,8-9,11-12,14-15,17-18,20-24,28-29,33,35H,4,7,10,13,16,19,25-27,30-32H2,1-3H3,(H,42,46)(H,43,45)/b6-5-,9-8-,12-11-,15-14-,18-17-,21-20-. The molecule has 1 aromatic rings. The second kappa shape index (κ2) is 24.4. The summed E-state index contributed by atoms with van der Waals surface area (Å²) in [5.41, 5.74) is -0.557. The molecule has 2 atom stereocenters. The van der Waals surface area contributed by atoms with E-state index in [-0.39, 0.29) is 23.9 Å². The van der Waals surface area contributed by atoms with Gasteiger partial charge in [0, 0.05) is 24.6 Å². The Kier molecular flexibility index (Phi) is 20.2. The zero-order chi connectivity index (χ0) is 35.6. The summed E-state index contributed by atoms with van der Waals surface area (Å²) < 4.78 is 10.6. The van der Waals surface area contributed by atoms with E-state index in [4.69, 9.17) is 9.47 Å². The second-order valence-electron chi connectivity index (χ2n) is 11.7. The summed E-state index contributed by atoms with van der Waals surface area (Å²) in [7, 11) is 1.29. The van der Waals surface area contributed by atoms with Crippen LogP contribution in [0.1, 0.15) is 90.0 Å². The van der Waals surface area contributed by atoms with Crippen molar-refractivity contribution in [2.75, 3.05) is 13.7 Å². The van der Waals surface area contributed by atoms with E-state index in [1.54, 1.807) is 19.1 Å². The third-order valence-electron chi connectivity index (χ3n) is 7.76. The summed E-state index contributed by atoms with van der Waals surface area (Å²) in [4.78, 5) is 49.9. The number of esters is 1. The average molecular weight is 671 g/mol. The van der Waals surface area contributed by atoms with Gasteiger partial charge in [-0.1, -0.05) is 110 Å². The first-order valence-corrected chi connectivity index (χ1v) is 17.4. The number of hydrogen-bond acceptors (Lipinski definition) is 6. The number of methoxy groups -OCH3 is 1. The Morgan fingerprint density at radius 3 is 1.92 bits per heavy atom. The summed E-state index contributed by atoms with van der Waals surface area (Å²) >= 11 is 0. The lowest BCUT2D eigenvalue weighted by molar-refractivity contribution is -0.145. The van der Waals surface area contributed by atoms with E-state index in [0.717, 1.165) is 38.5 Å².